The van der Waals surface area contributed by atoms with Crippen molar-refractivity contribution in [3.63, 3.8) is 0 Å². The van der Waals surface area contributed by atoms with Gasteiger partial charge in [0.2, 0.25) is 0 Å². The third-order valence-electron chi connectivity index (χ3n) is 2.38. The number of methoxy groups -OCH3 is 1. The normalized spacial score (nSPS) is 17.3. The topological polar surface area (TPSA) is 95.9 Å². The molecule has 1 rings (SSSR count). The lowest BCUT2D eigenvalue weighted by atomic mass is 9.93. The molecule has 128 valence electrons. The number of nitrogens with zero attached hydrogens (tertiary/aromatic N) is 1. The Kier molecular flexibility index (Phi) is 6.87. The molecule has 0 bridgehead atoms. The highest BCUT2D eigenvalue weighted by molar-refractivity contribution is 6.29. The SMILES string of the molecule is COC(=O)N1CC(C)(NC(=O)C(F)Cl)C1.O=C(O)C(F)(F)F. The van der Waals surface area contributed by atoms with Gasteiger partial charge in [-0.05, 0) is 6.92 Å². The summed E-state index contributed by atoms with van der Waals surface area (Å²) in [5.41, 5.74) is -2.68. The van der Waals surface area contributed by atoms with Crippen LogP contribution in [-0.4, -0.2) is 65.5 Å². The second kappa shape index (κ2) is 7.47. The fourth-order valence-electron chi connectivity index (χ4n) is 1.49. The lowest BCUT2D eigenvalue weighted by Gasteiger charge is -2.47. The maximum absolute atomic E-state index is 12.4. The molecule has 1 atom stereocenters. The van der Waals surface area contributed by atoms with Crippen molar-refractivity contribution in [2.75, 3.05) is 20.2 Å². The van der Waals surface area contributed by atoms with E-state index in [1.165, 1.54) is 12.0 Å². The highest BCUT2D eigenvalue weighted by Crippen LogP contribution is 2.21. The number of halogens is 5. The summed E-state index contributed by atoms with van der Waals surface area (Å²) in [7, 11) is 1.27. The molecule has 0 aliphatic carbocycles. The Balaban J connectivity index is 0.000000534. The minimum Gasteiger partial charge on any atom is -0.475 e. The molecule has 1 unspecified atom stereocenters. The number of hydrogen-bond acceptors (Lipinski definition) is 4. The predicted octanol–water partition coefficient (Wildman–Crippen LogP) is 1.11. The van der Waals surface area contributed by atoms with Gasteiger partial charge in [-0.1, -0.05) is 11.6 Å². The third-order valence-corrected chi connectivity index (χ3v) is 2.58. The van der Waals surface area contributed by atoms with Crippen molar-refractivity contribution in [3.05, 3.63) is 0 Å². The van der Waals surface area contributed by atoms with Crippen LogP contribution in [0.4, 0.5) is 22.4 Å². The number of hydrogen-bond donors (Lipinski definition) is 2. The van der Waals surface area contributed by atoms with E-state index in [1.807, 2.05) is 0 Å². The summed E-state index contributed by atoms with van der Waals surface area (Å²) in [5, 5.41) is 9.53. The summed E-state index contributed by atoms with van der Waals surface area (Å²) < 4.78 is 48.6. The summed E-state index contributed by atoms with van der Waals surface area (Å²) in [4.78, 5) is 32.2. The molecule has 1 aliphatic heterocycles. The number of aliphatic carboxylic acids is 1. The van der Waals surface area contributed by atoms with Crippen LogP contribution in [0, 0.1) is 0 Å². The second-order valence-corrected chi connectivity index (χ2v) is 4.86. The Morgan fingerprint density at radius 1 is 1.36 bits per heavy atom. The fraction of sp³-hybridized carbons (Fsp3) is 0.700. The van der Waals surface area contributed by atoms with Crippen molar-refractivity contribution in [2.45, 2.75) is 24.3 Å². The average molecular weight is 353 g/mol. The Hall–Kier alpha value is -1.78. The first-order valence-electron chi connectivity index (χ1n) is 5.55. The van der Waals surface area contributed by atoms with E-state index in [-0.39, 0.29) is 13.1 Å². The van der Waals surface area contributed by atoms with Crippen LogP contribution in [0.2, 0.25) is 0 Å². The van der Waals surface area contributed by atoms with E-state index < -0.39 is 35.3 Å². The van der Waals surface area contributed by atoms with Gasteiger partial charge in [-0.2, -0.15) is 13.2 Å². The van der Waals surface area contributed by atoms with E-state index in [0.29, 0.717) is 0 Å². The van der Waals surface area contributed by atoms with Crippen molar-refractivity contribution in [2.24, 2.45) is 0 Å². The van der Waals surface area contributed by atoms with Crippen LogP contribution in [0.5, 0.6) is 0 Å². The van der Waals surface area contributed by atoms with Crippen LogP contribution in [0.15, 0.2) is 0 Å². The Morgan fingerprint density at radius 3 is 2.05 bits per heavy atom. The van der Waals surface area contributed by atoms with E-state index >= 15 is 0 Å². The van der Waals surface area contributed by atoms with Crippen molar-refractivity contribution in [1.29, 1.82) is 0 Å². The fourth-order valence-corrected chi connectivity index (χ4v) is 1.54. The molecule has 22 heavy (non-hydrogen) atoms. The van der Waals surface area contributed by atoms with Gasteiger partial charge in [0.25, 0.3) is 11.5 Å². The van der Waals surface area contributed by atoms with Crippen LogP contribution in [0.25, 0.3) is 0 Å². The van der Waals surface area contributed by atoms with Crippen molar-refractivity contribution in [3.8, 4) is 0 Å². The van der Waals surface area contributed by atoms with Gasteiger partial charge in [0.15, 0.2) is 0 Å². The molecule has 0 aromatic carbocycles. The van der Waals surface area contributed by atoms with E-state index in [9.17, 15) is 27.2 Å². The Morgan fingerprint density at radius 2 is 1.77 bits per heavy atom. The van der Waals surface area contributed by atoms with E-state index in [4.69, 9.17) is 21.5 Å². The lowest BCUT2D eigenvalue weighted by molar-refractivity contribution is -0.192. The molecule has 0 saturated carbocycles. The zero-order chi connectivity index (χ0) is 17.7. The highest BCUT2D eigenvalue weighted by atomic mass is 35.5. The van der Waals surface area contributed by atoms with Crippen molar-refractivity contribution < 1.29 is 41.8 Å². The molecule has 0 aromatic heterocycles. The molecular weight excluding hydrogens is 340 g/mol. The summed E-state index contributed by atoms with van der Waals surface area (Å²) in [6.45, 7) is 2.27. The van der Waals surface area contributed by atoms with Crippen LogP contribution in [0.3, 0.4) is 0 Å². The van der Waals surface area contributed by atoms with Crippen LogP contribution in [-0.2, 0) is 14.3 Å². The summed E-state index contributed by atoms with van der Waals surface area (Å²) >= 11 is 4.96. The average Bonchev–Trinajstić information content (AvgIpc) is 2.34. The maximum Gasteiger partial charge on any atom is 0.490 e. The number of carboxylic acids is 1. The number of ether oxygens (including phenoxy) is 1. The molecule has 7 nitrogen and oxygen atoms in total. The number of amides is 2. The first-order valence-corrected chi connectivity index (χ1v) is 5.99. The first-order chi connectivity index (χ1) is 9.82. The minimum absolute atomic E-state index is 0.287. The molecule has 1 fully saturated rings. The van der Waals surface area contributed by atoms with Crippen molar-refractivity contribution in [1.82, 2.24) is 10.2 Å². The number of alkyl halides is 5. The zero-order valence-electron chi connectivity index (χ0n) is 11.4. The lowest BCUT2D eigenvalue weighted by Crippen LogP contribution is -2.70. The molecule has 0 radical (unpaired) electrons. The van der Waals surface area contributed by atoms with Crippen molar-refractivity contribution >= 4 is 29.6 Å². The van der Waals surface area contributed by atoms with E-state index in [1.54, 1.807) is 6.92 Å². The molecular formula is C10H13ClF4N2O5. The van der Waals surface area contributed by atoms with Gasteiger partial charge in [0, 0.05) is 13.1 Å². The highest BCUT2D eigenvalue weighted by Gasteiger charge is 2.43. The van der Waals surface area contributed by atoms with Crippen LogP contribution in [0.1, 0.15) is 6.92 Å². The third kappa shape index (κ3) is 6.33. The Bertz CT molecular complexity index is 438. The van der Waals surface area contributed by atoms with Gasteiger partial charge in [-0.25, -0.2) is 14.0 Å². The first kappa shape index (κ1) is 20.2. The molecule has 0 spiro atoms. The number of rotatable bonds is 2. The molecule has 12 heteroatoms. The maximum atomic E-state index is 12.4. The van der Waals surface area contributed by atoms with Gasteiger partial charge >= 0.3 is 18.2 Å². The van der Waals surface area contributed by atoms with Gasteiger partial charge in [0.1, 0.15) is 0 Å². The number of carbonyl (C=O) groups is 3. The smallest absolute Gasteiger partial charge is 0.475 e. The molecule has 1 heterocycles. The Labute approximate surface area is 127 Å². The summed E-state index contributed by atoms with van der Waals surface area (Å²) in [6.07, 6.45) is -5.55. The van der Waals surface area contributed by atoms with Gasteiger partial charge in [-0.15, -0.1) is 0 Å². The number of carbonyl (C=O) groups excluding carboxylic acids is 2. The van der Waals surface area contributed by atoms with Gasteiger partial charge in [0.05, 0.1) is 12.6 Å². The number of carboxylic acid groups (broad SMARTS) is 1. The zero-order valence-corrected chi connectivity index (χ0v) is 12.2. The number of likely N-dealkylation sites (tertiary alicyclic amines) is 1. The monoisotopic (exact) mass is 352 g/mol. The second-order valence-electron chi connectivity index (χ2n) is 4.48. The number of nitrogens with one attached hydrogen (secondary N) is 1. The molecule has 1 saturated heterocycles. The van der Waals surface area contributed by atoms with Gasteiger partial charge < -0.3 is 20.1 Å². The van der Waals surface area contributed by atoms with Gasteiger partial charge in [-0.3, -0.25) is 4.79 Å². The molecule has 2 amide bonds. The van der Waals surface area contributed by atoms with Crippen LogP contribution < -0.4 is 5.32 Å². The largest absolute Gasteiger partial charge is 0.490 e. The molecule has 0 aromatic rings. The molecule has 2 N–H and O–H groups in total. The quantitative estimate of drug-likeness (QED) is 0.573. The van der Waals surface area contributed by atoms with E-state index in [0.717, 1.165) is 0 Å². The predicted molar refractivity (Wildman–Crippen MR) is 65.0 cm³/mol. The minimum atomic E-state index is -5.08. The molecule has 1 aliphatic rings. The standard InChI is InChI=1S/C8H12ClFN2O3.C2HF3O2/c1-8(11-6(13)5(9)10)3-12(4-8)7(14)15-2;3-2(4,5)1(6)7/h5H,3-4H2,1-2H3,(H,11,13);(H,6,7). The van der Waals surface area contributed by atoms with E-state index in [2.05, 4.69) is 10.1 Å². The van der Waals surface area contributed by atoms with Crippen LogP contribution >= 0.6 is 11.6 Å². The summed E-state index contributed by atoms with van der Waals surface area (Å²) in [6, 6.07) is 0. The summed E-state index contributed by atoms with van der Waals surface area (Å²) in [5.74, 6) is -3.64.